The molecule has 1 aliphatic heterocycles. The van der Waals surface area contributed by atoms with Crippen LogP contribution < -0.4 is 10.6 Å². The van der Waals surface area contributed by atoms with Crippen molar-refractivity contribution in [1.82, 2.24) is 15.2 Å². The number of aromatic nitrogens is 1. The van der Waals surface area contributed by atoms with Crippen LogP contribution >= 0.6 is 11.3 Å². The molecule has 0 fully saturated rings. The van der Waals surface area contributed by atoms with Gasteiger partial charge in [-0.15, -0.1) is 11.3 Å². The third kappa shape index (κ3) is 5.22. The zero-order valence-electron chi connectivity index (χ0n) is 30.7. The largest absolute Gasteiger partial charge is 0.455 e. The maximum atomic E-state index is 6.80. The van der Waals surface area contributed by atoms with Gasteiger partial charge in [0, 0.05) is 64.6 Å². The minimum Gasteiger partial charge on any atom is -0.455 e. The number of furan rings is 1. The van der Waals surface area contributed by atoms with E-state index in [1.54, 1.807) is 0 Å². The molecule has 0 radical (unpaired) electrons. The third-order valence-electron chi connectivity index (χ3n) is 11.5. The summed E-state index contributed by atoms with van der Waals surface area (Å²) in [6.45, 7) is 0. The molecule has 11 aromatic rings. The minimum absolute atomic E-state index is 0.0780. The maximum Gasteiger partial charge on any atom is 0.143 e. The fraction of sp³-hybridized carbons (Fsp3) is 0.0392. The van der Waals surface area contributed by atoms with Gasteiger partial charge < -0.3 is 14.3 Å². The maximum absolute atomic E-state index is 6.80. The Bertz CT molecular complexity index is 3320. The third-order valence-corrected chi connectivity index (χ3v) is 12.6. The summed E-state index contributed by atoms with van der Waals surface area (Å²) in [5.74, 6) is 0.886. The van der Waals surface area contributed by atoms with Gasteiger partial charge >= 0.3 is 0 Å². The first-order valence-electron chi connectivity index (χ1n) is 19.3. The van der Waals surface area contributed by atoms with Crippen LogP contribution in [0.2, 0.25) is 0 Å². The van der Waals surface area contributed by atoms with Crippen molar-refractivity contribution in [3.63, 3.8) is 0 Å². The highest BCUT2D eigenvalue weighted by Gasteiger charge is 2.26. The van der Waals surface area contributed by atoms with Gasteiger partial charge in [0.2, 0.25) is 0 Å². The topological polar surface area (TPSA) is 54.5 Å². The molecule has 2 atom stereocenters. The molecular weight excluding hydrogens is 717 g/mol. The summed E-state index contributed by atoms with van der Waals surface area (Å²) < 4.78 is 11.6. The van der Waals surface area contributed by atoms with Crippen LogP contribution in [0.15, 0.2) is 191 Å². The quantitative estimate of drug-likeness (QED) is 0.184. The molecule has 6 heteroatoms. The zero-order chi connectivity index (χ0) is 37.5. The lowest BCUT2D eigenvalue weighted by Crippen LogP contribution is -2.44. The molecule has 5 nitrogen and oxygen atoms in total. The van der Waals surface area contributed by atoms with Crippen molar-refractivity contribution < 1.29 is 4.42 Å². The second kappa shape index (κ2) is 12.8. The number of hydrogen-bond donors (Lipinski definition) is 2. The van der Waals surface area contributed by atoms with E-state index in [-0.39, 0.29) is 12.3 Å². The van der Waals surface area contributed by atoms with Gasteiger partial charge in [0.25, 0.3) is 0 Å². The van der Waals surface area contributed by atoms with Crippen molar-refractivity contribution >= 4 is 81.1 Å². The lowest BCUT2D eigenvalue weighted by atomic mass is 10.0. The molecule has 3 aromatic heterocycles. The van der Waals surface area contributed by atoms with E-state index in [2.05, 4.69) is 191 Å². The summed E-state index contributed by atoms with van der Waals surface area (Å²) in [5.41, 5.74) is 10.9. The first-order valence-corrected chi connectivity index (χ1v) is 20.2. The molecule has 2 N–H and O–H groups in total. The summed E-state index contributed by atoms with van der Waals surface area (Å²) in [4.78, 5) is 5.19. The van der Waals surface area contributed by atoms with Gasteiger partial charge in [-0.1, -0.05) is 140 Å². The molecule has 8 aromatic carbocycles. The molecule has 0 amide bonds. The predicted octanol–water partition coefficient (Wildman–Crippen LogP) is 13.1. The molecule has 12 rings (SSSR count). The number of amidine groups is 1. The van der Waals surface area contributed by atoms with E-state index < -0.39 is 0 Å². The lowest BCUT2D eigenvalue weighted by molar-refractivity contribution is 0.409. The standard InChI is InChI=1S/C51H34N4OS/c1-3-12-31(13-4-1)49-52-50(32-14-5-2-6-15-32)54-51(53-49)34-23-26-41-40-25-22-33(28-46(40)57-47(41)29-34)36-18-11-19-42-39-27-24-35(30-45(39)56-48(36)42)55-43-20-9-7-16-37(43)38-17-8-10-21-44(38)55/h1-30,49,51,53H,(H,52,54). The van der Waals surface area contributed by atoms with Crippen molar-refractivity contribution in [2.45, 2.75) is 12.3 Å². The van der Waals surface area contributed by atoms with Gasteiger partial charge in [-0.05, 0) is 53.1 Å². The smallest absolute Gasteiger partial charge is 0.143 e. The normalized spacial score (nSPS) is 15.9. The monoisotopic (exact) mass is 750 g/mol. The summed E-state index contributed by atoms with van der Waals surface area (Å²) in [7, 11) is 0. The number of rotatable bonds is 5. The van der Waals surface area contributed by atoms with Crippen molar-refractivity contribution in [2.24, 2.45) is 4.99 Å². The number of para-hydroxylation sites is 3. The van der Waals surface area contributed by atoms with Gasteiger partial charge in [-0.25, -0.2) is 4.99 Å². The molecule has 1 aliphatic rings. The first kappa shape index (κ1) is 32.3. The number of fused-ring (bicyclic) bond motifs is 9. The zero-order valence-corrected chi connectivity index (χ0v) is 31.5. The summed E-state index contributed by atoms with van der Waals surface area (Å²) in [5, 5.41) is 14.7. The number of thiophene rings is 1. The van der Waals surface area contributed by atoms with Crippen LogP contribution in [0.25, 0.3) is 80.7 Å². The number of nitrogens with one attached hydrogen (secondary N) is 2. The molecular formula is C51H34N4OS. The van der Waals surface area contributed by atoms with Crippen molar-refractivity contribution in [3.05, 3.63) is 199 Å². The fourth-order valence-corrected chi connectivity index (χ4v) is 9.97. The summed E-state index contributed by atoms with van der Waals surface area (Å²) in [6.07, 6.45) is -0.288. The van der Waals surface area contributed by atoms with E-state index in [1.807, 2.05) is 17.4 Å². The summed E-state index contributed by atoms with van der Waals surface area (Å²) in [6, 6.07) is 64.9. The minimum atomic E-state index is -0.210. The highest BCUT2D eigenvalue weighted by Crippen LogP contribution is 2.42. The Hall–Kier alpha value is -6.99. The second-order valence-corrected chi connectivity index (χ2v) is 15.9. The Labute approximate surface area is 332 Å². The first-order chi connectivity index (χ1) is 28.2. The Balaban J connectivity index is 0.928. The molecule has 0 saturated heterocycles. The highest BCUT2D eigenvalue weighted by atomic mass is 32.1. The van der Waals surface area contributed by atoms with Crippen LogP contribution in [0.5, 0.6) is 0 Å². The second-order valence-electron chi connectivity index (χ2n) is 14.8. The van der Waals surface area contributed by atoms with Crippen LogP contribution in [0.3, 0.4) is 0 Å². The van der Waals surface area contributed by atoms with Gasteiger partial charge in [0.05, 0.1) is 11.0 Å². The van der Waals surface area contributed by atoms with Gasteiger partial charge in [-0.2, -0.15) is 0 Å². The fourth-order valence-electron chi connectivity index (χ4n) is 8.77. The van der Waals surface area contributed by atoms with E-state index in [0.717, 1.165) is 55.7 Å². The molecule has 2 unspecified atom stereocenters. The highest BCUT2D eigenvalue weighted by molar-refractivity contribution is 7.25. The molecule has 0 saturated carbocycles. The van der Waals surface area contributed by atoms with Crippen LogP contribution in [0, 0.1) is 0 Å². The van der Waals surface area contributed by atoms with Gasteiger partial charge in [0.15, 0.2) is 0 Å². The molecule has 270 valence electrons. The van der Waals surface area contributed by atoms with Gasteiger partial charge in [0.1, 0.15) is 29.3 Å². The van der Waals surface area contributed by atoms with Gasteiger partial charge in [-0.3, -0.25) is 5.32 Å². The van der Waals surface area contributed by atoms with Crippen LogP contribution in [-0.2, 0) is 0 Å². The number of aliphatic imine (C=N–C) groups is 1. The predicted molar refractivity (Wildman–Crippen MR) is 238 cm³/mol. The average Bonchev–Trinajstić information content (AvgIpc) is 3.95. The Morgan fingerprint density at radius 2 is 1.18 bits per heavy atom. The van der Waals surface area contributed by atoms with E-state index in [1.165, 1.54) is 47.5 Å². The molecule has 4 heterocycles. The Morgan fingerprint density at radius 3 is 1.96 bits per heavy atom. The molecule has 0 bridgehead atoms. The van der Waals surface area contributed by atoms with Crippen LogP contribution in [0.1, 0.15) is 29.0 Å². The number of hydrogen-bond acceptors (Lipinski definition) is 5. The van der Waals surface area contributed by atoms with Crippen LogP contribution in [-0.4, -0.2) is 10.4 Å². The van der Waals surface area contributed by atoms with E-state index in [9.17, 15) is 0 Å². The number of benzene rings is 8. The van der Waals surface area contributed by atoms with Crippen molar-refractivity contribution in [3.8, 4) is 16.8 Å². The van der Waals surface area contributed by atoms with E-state index in [0.29, 0.717) is 0 Å². The summed E-state index contributed by atoms with van der Waals surface area (Å²) >= 11 is 1.83. The lowest BCUT2D eigenvalue weighted by Gasteiger charge is -2.32. The molecule has 0 aliphatic carbocycles. The number of nitrogens with zero attached hydrogens (tertiary/aromatic N) is 2. The molecule has 57 heavy (non-hydrogen) atoms. The molecule has 0 spiro atoms. The Morgan fingerprint density at radius 1 is 0.509 bits per heavy atom. The van der Waals surface area contributed by atoms with Crippen molar-refractivity contribution in [1.29, 1.82) is 0 Å². The van der Waals surface area contributed by atoms with Crippen molar-refractivity contribution in [2.75, 3.05) is 0 Å². The van der Waals surface area contributed by atoms with E-state index in [4.69, 9.17) is 9.41 Å². The van der Waals surface area contributed by atoms with Crippen LogP contribution in [0.4, 0.5) is 0 Å². The SMILES string of the molecule is c1ccc(C2=NC(c3ccc4c(c3)sc3cc(-c5cccc6c5oc5cc(-n7c8ccccc8c8ccccc87)ccc56)ccc34)NC(c3ccccc3)N2)cc1. The average molecular weight is 751 g/mol. The van der Waals surface area contributed by atoms with E-state index >= 15 is 0 Å². The Kier molecular flexibility index (Phi) is 7.24.